The Bertz CT molecular complexity index is 1250. The summed E-state index contributed by atoms with van der Waals surface area (Å²) in [5, 5.41) is 29.5. The topological polar surface area (TPSA) is 160 Å². The van der Waals surface area contributed by atoms with Crippen LogP contribution in [-0.4, -0.2) is 62.1 Å². The number of allylic oxidation sites excluding steroid dienone is 1. The Morgan fingerprint density at radius 3 is 2.66 bits per heavy atom. The lowest BCUT2D eigenvalue weighted by molar-refractivity contribution is -0.136. The van der Waals surface area contributed by atoms with Crippen LogP contribution in [0.3, 0.4) is 0 Å². The molecule has 2 atom stereocenters. The monoisotopic (exact) mass is 592 g/mol. The van der Waals surface area contributed by atoms with Crippen molar-refractivity contribution in [1.29, 1.82) is 0 Å². The first-order valence-corrected chi connectivity index (χ1v) is 12.3. The van der Waals surface area contributed by atoms with Crippen LogP contribution in [0, 0.1) is 0 Å². The lowest BCUT2D eigenvalue weighted by Gasteiger charge is -2.28. The molecule has 13 heteroatoms. The first-order valence-electron chi connectivity index (χ1n) is 11.5. The van der Waals surface area contributed by atoms with Crippen LogP contribution in [0.1, 0.15) is 31.0 Å². The third kappa shape index (κ3) is 6.86. The van der Waals surface area contributed by atoms with E-state index in [9.17, 15) is 19.8 Å². The molecule has 0 bridgehead atoms. The number of hydrogen-bond donors (Lipinski definition) is 5. The standard InChI is InChI=1S/C25H29BrN4O8/c1-5-37-18-10-15(22-21(24(33)36-4)13(2)28-25(34)29-22)6-7-17(18)38-12-20(31)30-27-11-14-8-16(26)23(32)19(9-14)35-3/h6-11,20,22,30-32H,5,12H2,1-4H3,(H2,28,29,34)/b27-11-/t20-,22+/m0/s1. The van der Waals surface area contributed by atoms with Crippen LogP contribution in [0.5, 0.6) is 23.0 Å². The molecule has 0 unspecified atom stereocenters. The molecular formula is C25H29BrN4O8. The molecular weight excluding hydrogens is 564 g/mol. The van der Waals surface area contributed by atoms with E-state index in [-0.39, 0.29) is 23.7 Å². The highest BCUT2D eigenvalue weighted by molar-refractivity contribution is 9.10. The van der Waals surface area contributed by atoms with E-state index in [1.807, 2.05) is 0 Å². The highest BCUT2D eigenvalue weighted by Gasteiger charge is 2.32. The number of carbonyl (C=O) groups excluding carboxylic acids is 2. The second kappa shape index (κ2) is 13.0. The van der Waals surface area contributed by atoms with E-state index >= 15 is 0 Å². The van der Waals surface area contributed by atoms with Crippen LogP contribution >= 0.6 is 15.9 Å². The molecule has 0 aromatic heterocycles. The van der Waals surface area contributed by atoms with Crippen molar-refractivity contribution in [3.05, 3.63) is 57.2 Å². The molecule has 12 nitrogen and oxygen atoms in total. The predicted molar refractivity (Wildman–Crippen MR) is 141 cm³/mol. The van der Waals surface area contributed by atoms with Crippen LogP contribution in [-0.2, 0) is 9.53 Å². The van der Waals surface area contributed by atoms with E-state index in [0.717, 1.165) is 0 Å². The Labute approximate surface area is 227 Å². The van der Waals surface area contributed by atoms with Gasteiger partial charge in [0.15, 0.2) is 29.2 Å². The lowest BCUT2D eigenvalue weighted by atomic mass is 9.95. The summed E-state index contributed by atoms with van der Waals surface area (Å²) in [6.45, 7) is 3.57. The van der Waals surface area contributed by atoms with Crippen LogP contribution < -0.4 is 30.3 Å². The van der Waals surface area contributed by atoms with E-state index in [1.165, 1.54) is 20.4 Å². The van der Waals surface area contributed by atoms with Crippen molar-refractivity contribution in [2.45, 2.75) is 26.1 Å². The van der Waals surface area contributed by atoms with Crippen LogP contribution in [0.15, 0.2) is 51.2 Å². The van der Waals surface area contributed by atoms with Crippen molar-refractivity contribution in [3.63, 3.8) is 0 Å². The summed E-state index contributed by atoms with van der Waals surface area (Å²) in [5.74, 6) is 0.359. The third-order valence-corrected chi connectivity index (χ3v) is 5.98. The Hall–Kier alpha value is -3.97. The smallest absolute Gasteiger partial charge is 0.337 e. The van der Waals surface area contributed by atoms with Gasteiger partial charge in [-0.05, 0) is 65.2 Å². The van der Waals surface area contributed by atoms with Crippen molar-refractivity contribution in [2.75, 3.05) is 27.4 Å². The quantitative estimate of drug-likeness (QED) is 0.114. The summed E-state index contributed by atoms with van der Waals surface area (Å²) < 4.78 is 21.9. The number of benzene rings is 2. The van der Waals surface area contributed by atoms with Gasteiger partial charge in [-0.25, -0.2) is 9.59 Å². The molecule has 0 fully saturated rings. The summed E-state index contributed by atoms with van der Waals surface area (Å²) in [6.07, 6.45) is 0.279. The van der Waals surface area contributed by atoms with Gasteiger partial charge in [0.2, 0.25) is 0 Å². The normalized spacial score (nSPS) is 15.9. The Morgan fingerprint density at radius 1 is 1.21 bits per heavy atom. The summed E-state index contributed by atoms with van der Waals surface area (Å²) in [4.78, 5) is 24.4. The van der Waals surface area contributed by atoms with Gasteiger partial charge in [-0.3, -0.25) is 5.43 Å². The van der Waals surface area contributed by atoms with Gasteiger partial charge in [0.1, 0.15) is 6.61 Å². The molecule has 2 amide bonds. The molecule has 3 rings (SSSR count). The minimum absolute atomic E-state index is 0.0302. The molecule has 0 saturated heterocycles. The molecule has 2 aromatic rings. The first kappa shape index (κ1) is 28.6. The minimum atomic E-state index is -1.16. The number of urea groups is 1. The van der Waals surface area contributed by atoms with Crippen molar-refractivity contribution in [3.8, 4) is 23.0 Å². The number of aromatic hydroxyl groups is 1. The molecule has 2 aromatic carbocycles. The maximum absolute atomic E-state index is 12.4. The van der Waals surface area contributed by atoms with Gasteiger partial charge < -0.3 is 39.8 Å². The number of methoxy groups -OCH3 is 2. The van der Waals surface area contributed by atoms with Gasteiger partial charge in [0, 0.05) is 5.70 Å². The highest BCUT2D eigenvalue weighted by atomic mass is 79.9. The zero-order valence-corrected chi connectivity index (χ0v) is 22.8. The van der Waals surface area contributed by atoms with Gasteiger partial charge in [-0.1, -0.05) is 6.07 Å². The molecule has 5 N–H and O–H groups in total. The second-order valence-corrected chi connectivity index (χ2v) is 8.82. The number of hydrazone groups is 1. The summed E-state index contributed by atoms with van der Waals surface area (Å²) in [6, 6.07) is 6.95. The Morgan fingerprint density at radius 2 is 1.97 bits per heavy atom. The fourth-order valence-corrected chi connectivity index (χ4v) is 4.10. The third-order valence-electron chi connectivity index (χ3n) is 5.38. The van der Waals surface area contributed by atoms with Crippen LogP contribution in [0.25, 0.3) is 0 Å². The maximum Gasteiger partial charge on any atom is 0.337 e. The molecule has 0 radical (unpaired) electrons. The molecule has 0 aliphatic carbocycles. The average molecular weight is 593 g/mol. The zero-order chi connectivity index (χ0) is 27.8. The van der Waals surface area contributed by atoms with Crippen LogP contribution in [0.4, 0.5) is 4.79 Å². The van der Waals surface area contributed by atoms with Crippen molar-refractivity contribution < 1.29 is 38.7 Å². The molecule has 0 saturated carbocycles. The number of nitrogens with one attached hydrogen (secondary N) is 3. The van der Waals surface area contributed by atoms with E-state index in [1.54, 1.807) is 44.2 Å². The summed E-state index contributed by atoms with van der Waals surface area (Å²) in [5.41, 5.74) is 4.39. The largest absolute Gasteiger partial charge is 0.503 e. The predicted octanol–water partition coefficient (Wildman–Crippen LogP) is 2.68. The Balaban J connectivity index is 1.70. The van der Waals surface area contributed by atoms with E-state index in [2.05, 4.69) is 37.1 Å². The number of nitrogens with zero attached hydrogens (tertiary/aromatic N) is 1. The molecule has 204 valence electrons. The fourth-order valence-electron chi connectivity index (χ4n) is 3.64. The number of amides is 2. The summed E-state index contributed by atoms with van der Waals surface area (Å²) >= 11 is 3.24. The number of phenolic OH excluding ortho intramolecular Hbond substituents is 1. The van der Waals surface area contributed by atoms with Gasteiger partial charge in [0.05, 0.1) is 43.1 Å². The molecule has 38 heavy (non-hydrogen) atoms. The number of rotatable bonds is 11. The molecule has 1 aliphatic rings. The van der Waals surface area contributed by atoms with E-state index in [4.69, 9.17) is 18.9 Å². The van der Waals surface area contributed by atoms with E-state index < -0.39 is 24.3 Å². The van der Waals surface area contributed by atoms with Gasteiger partial charge in [-0.2, -0.15) is 5.10 Å². The molecule has 1 heterocycles. The van der Waals surface area contributed by atoms with E-state index in [0.29, 0.717) is 39.4 Å². The summed E-state index contributed by atoms with van der Waals surface area (Å²) in [7, 11) is 2.70. The van der Waals surface area contributed by atoms with Crippen molar-refractivity contribution in [2.24, 2.45) is 5.10 Å². The molecule has 0 spiro atoms. The highest BCUT2D eigenvalue weighted by Crippen LogP contribution is 2.36. The number of aliphatic hydroxyl groups is 1. The van der Waals surface area contributed by atoms with Crippen LogP contribution in [0.2, 0.25) is 0 Å². The maximum atomic E-state index is 12.4. The number of carbonyl (C=O) groups is 2. The minimum Gasteiger partial charge on any atom is -0.503 e. The molecule has 1 aliphatic heterocycles. The number of esters is 1. The fraction of sp³-hybridized carbons (Fsp3) is 0.320. The average Bonchev–Trinajstić information content (AvgIpc) is 2.89. The van der Waals surface area contributed by atoms with Crippen molar-refractivity contribution in [1.82, 2.24) is 16.1 Å². The number of phenols is 1. The van der Waals surface area contributed by atoms with Gasteiger partial charge >= 0.3 is 12.0 Å². The lowest BCUT2D eigenvalue weighted by Crippen LogP contribution is -2.45. The number of ether oxygens (including phenoxy) is 4. The second-order valence-electron chi connectivity index (χ2n) is 7.97. The van der Waals surface area contributed by atoms with Crippen molar-refractivity contribution >= 4 is 34.1 Å². The first-order chi connectivity index (χ1) is 18.2. The zero-order valence-electron chi connectivity index (χ0n) is 21.2. The van der Waals surface area contributed by atoms with Gasteiger partial charge in [-0.15, -0.1) is 0 Å². The number of halogens is 1. The van der Waals surface area contributed by atoms with Gasteiger partial charge in [0.25, 0.3) is 0 Å². The number of hydrogen-bond acceptors (Lipinski definition) is 10. The Kier molecular flexibility index (Phi) is 9.79. The SMILES string of the molecule is CCOc1cc([C@H]2NC(=O)NC(C)=C2C(=O)OC)ccc1OC[C@H](O)N/N=C\c1cc(Br)c(O)c(OC)c1. The number of aliphatic hydroxyl groups excluding tert-OH is 1.